The quantitative estimate of drug-likeness (QED) is 0.895. The van der Waals surface area contributed by atoms with Gasteiger partial charge < -0.3 is 5.32 Å². The Morgan fingerprint density at radius 3 is 3.05 bits per heavy atom. The van der Waals surface area contributed by atoms with Crippen LogP contribution in [0.15, 0.2) is 24.5 Å². The molecule has 2 N–H and O–H groups in total. The number of nitrogens with zero attached hydrogens (tertiary/aromatic N) is 3. The van der Waals surface area contributed by atoms with Gasteiger partial charge in [-0.1, -0.05) is 17.4 Å². The predicted molar refractivity (Wildman–Crippen MR) is 72.0 cm³/mol. The van der Waals surface area contributed by atoms with Crippen molar-refractivity contribution in [2.24, 2.45) is 0 Å². The maximum absolute atomic E-state index is 11.7. The second kappa shape index (κ2) is 5.31. The number of urea groups is 1. The van der Waals surface area contributed by atoms with Gasteiger partial charge in [-0.2, -0.15) is 0 Å². The summed E-state index contributed by atoms with van der Waals surface area (Å²) in [5.74, 6) is 0.562. The first kappa shape index (κ1) is 12.0. The number of pyridine rings is 1. The number of hydrogen-bond acceptors (Lipinski definition) is 5. The molecule has 2 aromatic heterocycles. The summed E-state index contributed by atoms with van der Waals surface area (Å²) in [7, 11) is 0. The maximum Gasteiger partial charge on any atom is 0.321 e. The lowest BCUT2D eigenvalue weighted by molar-refractivity contribution is 0.251. The smallest absolute Gasteiger partial charge is 0.321 e. The first-order valence-corrected chi connectivity index (χ1v) is 6.90. The number of nitrogens with one attached hydrogen (secondary N) is 2. The van der Waals surface area contributed by atoms with E-state index in [-0.39, 0.29) is 6.03 Å². The predicted octanol–water partition coefficient (Wildman–Crippen LogP) is 2.13. The van der Waals surface area contributed by atoms with Crippen molar-refractivity contribution in [2.75, 3.05) is 5.32 Å². The Bertz CT molecular complexity index is 567. The van der Waals surface area contributed by atoms with Crippen LogP contribution in [0.4, 0.5) is 9.93 Å². The molecule has 0 saturated heterocycles. The molecule has 0 aromatic carbocycles. The molecule has 0 radical (unpaired) electrons. The van der Waals surface area contributed by atoms with Gasteiger partial charge >= 0.3 is 6.03 Å². The van der Waals surface area contributed by atoms with Crippen LogP contribution in [0.1, 0.15) is 29.3 Å². The van der Waals surface area contributed by atoms with Gasteiger partial charge in [-0.05, 0) is 24.5 Å². The lowest BCUT2D eigenvalue weighted by Crippen LogP contribution is -2.28. The molecule has 3 rings (SSSR count). The third-order valence-electron chi connectivity index (χ3n) is 2.76. The summed E-state index contributed by atoms with van der Waals surface area (Å²) in [6, 6.07) is 3.47. The molecule has 0 bridgehead atoms. The van der Waals surface area contributed by atoms with Crippen molar-refractivity contribution in [3.05, 3.63) is 35.1 Å². The van der Waals surface area contributed by atoms with Crippen LogP contribution in [0.3, 0.4) is 0 Å². The number of carbonyl (C=O) groups excluding carboxylic acids is 1. The molecule has 2 amide bonds. The van der Waals surface area contributed by atoms with Gasteiger partial charge in [0.25, 0.3) is 0 Å². The molecule has 7 heteroatoms. The highest BCUT2D eigenvalue weighted by Gasteiger charge is 2.27. The molecular formula is C12H13N5OS. The normalized spacial score (nSPS) is 14.1. The van der Waals surface area contributed by atoms with Crippen LogP contribution in [-0.2, 0) is 6.54 Å². The van der Waals surface area contributed by atoms with Crippen LogP contribution in [0.2, 0.25) is 0 Å². The lowest BCUT2D eigenvalue weighted by Gasteiger charge is -2.04. The minimum absolute atomic E-state index is 0.276. The zero-order valence-electron chi connectivity index (χ0n) is 10.2. The zero-order valence-corrected chi connectivity index (χ0v) is 11.0. The average molecular weight is 275 g/mol. The van der Waals surface area contributed by atoms with Crippen LogP contribution >= 0.6 is 11.3 Å². The summed E-state index contributed by atoms with van der Waals surface area (Å²) in [6.07, 6.45) is 5.78. The fourth-order valence-corrected chi connectivity index (χ4v) is 2.51. The lowest BCUT2D eigenvalue weighted by atomic mass is 10.3. The summed E-state index contributed by atoms with van der Waals surface area (Å²) in [5.41, 5.74) is 0.952. The number of aromatic nitrogens is 3. The van der Waals surface area contributed by atoms with Crippen LogP contribution in [0, 0.1) is 0 Å². The third-order valence-corrected chi connectivity index (χ3v) is 3.76. The summed E-state index contributed by atoms with van der Waals surface area (Å²) in [5, 5.41) is 15.0. The van der Waals surface area contributed by atoms with Crippen molar-refractivity contribution in [3.8, 4) is 0 Å². The zero-order chi connectivity index (χ0) is 13.1. The molecule has 6 nitrogen and oxygen atoms in total. The Morgan fingerprint density at radius 2 is 2.32 bits per heavy atom. The van der Waals surface area contributed by atoms with E-state index < -0.39 is 0 Å². The van der Waals surface area contributed by atoms with E-state index in [1.165, 1.54) is 24.2 Å². The summed E-state index contributed by atoms with van der Waals surface area (Å²) in [4.78, 5) is 15.7. The topological polar surface area (TPSA) is 79.8 Å². The number of hydrogen-bond donors (Lipinski definition) is 2. The second-order valence-corrected chi connectivity index (χ2v) is 5.40. The van der Waals surface area contributed by atoms with Gasteiger partial charge in [-0.3, -0.25) is 10.3 Å². The average Bonchev–Trinajstić information content (AvgIpc) is 3.19. The fraction of sp³-hybridized carbons (Fsp3) is 0.333. The van der Waals surface area contributed by atoms with Crippen molar-refractivity contribution >= 4 is 22.5 Å². The number of carbonyl (C=O) groups is 1. The SMILES string of the molecule is O=C(NCc1cccnc1)Nc1nnc(C2CC2)s1. The summed E-state index contributed by atoms with van der Waals surface area (Å²) in [6.45, 7) is 0.438. The van der Waals surface area contributed by atoms with Gasteiger partial charge in [0.2, 0.25) is 5.13 Å². The van der Waals surface area contributed by atoms with Gasteiger partial charge in [0.15, 0.2) is 0 Å². The molecule has 1 fully saturated rings. The van der Waals surface area contributed by atoms with Crippen molar-refractivity contribution in [1.82, 2.24) is 20.5 Å². The van der Waals surface area contributed by atoms with E-state index in [4.69, 9.17) is 0 Å². The minimum Gasteiger partial charge on any atom is -0.334 e. The number of rotatable bonds is 4. The van der Waals surface area contributed by atoms with Crippen LogP contribution < -0.4 is 10.6 Å². The van der Waals surface area contributed by atoms with Gasteiger partial charge in [0.05, 0.1) is 0 Å². The van der Waals surface area contributed by atoms with Gasteiger partial charge in [-0.25, -0.2) is 4.79 Å². The Kier molecular flexibility index (Phi) is 3.37. The summed E-state index contributed by atoms with van der Waals surface area (Å²) >= 11 is 1.45. The van der Waals surface area contributed by atoms with Crippen molar-refractivity contribution in [1.29, 1.82) is 0 Å². The van der Waals surface area contributed by atoms with E-state index in [0.717, 1.165) is 10.6 Å². The van der Waals surface area contributed by atoms with E-state index in [1.807, 2.05) is 12.1 Å². The minimum atomic E-state index is -0.276. The van der Waals surface area contributed by atoms with E-state index in [2.05, 4.69) is 25.8 Å². The van der Waals surface area contributed by atoms with Crippen molar-refractivity contribution < 1.29 is 4.79 Å². The highest BCUT2D eigenvalue weighted by atomic mass is 32.1. The molecular weight excluding hydrogens is 262 g/mol. The van der Waals surface area contributed by atoms with E-state index in [0.29, 0.717) is 17.6 Å². The first-order valence-electron chi connectivity index (χ1n) is 6.08. The molecule has 0 unspecified atom stereocenters. The van der Waals surface area contributed by atoms with Gasteiger partial charge in [0.1, 0.15) is 5.01 Å². The summed E-state index contributed by atoms with van der Waals surface area (Å²) < 4.78 is 0. The third kappa shape index (κ3) is 3.25. The maximum atomic E-state index is 11.7. The fourth-order valence-electron chi connectivity index (χ4n) is 1.61. The molecule has 2 aromatic rings. The monoisotopic (exact) mass is 275 g/mol. The van der Waals surface area contributed by atoms with Gasteiger partial charge in [0, 0.05) is 24.9 Å². The standard InChI is InChI=1S/C12H13N5OS/c18-11(14-7-8-2-1-5-13-6-8)15-12-17-16-10(19-12)9-3-4-9/h1-2,5-6,9H,3-4,7H2,(H2,14,15,17,18). The van der Waals surface area contributed by atoms with Gasteiger partial charge in [-0.15, -0.1) is 10.2 Å². The number of amides is 2. The van der Waals surface area contributed by atoms with E-state index in [1.54, 1.807) is 12.4 Å². The highest BCUT2D eigenvalue weighted by Crippen LogP contribution is 2.41. The molecule has 1 aliphatic rings. The van der Waals surface area contributed by atoms with E-state index >= 15 is 0 Å². The molecule has 0 atom stereocenters. The molecule has 2 heterocycles. The van der Waals surface area contributed by atoms with E-state index in [9.17, 15) is 4.79 Å². The Balaban J connectivity index is 1.50. The molecule has 1 saturated carbocycles. The Labute approximate surface area is 114 Å². The molecule has 0 aliphatic heterocycles. The molecule has 98 valence electrons. The van der Waals surface area contributed by atoms with Crippen molar-refractivity contribution in [3.63, 3.8) is 0 Å². The molecule has 1 aliphatic carbocycles. The molecule has 0 spiro atoms. The van der Waals surface area contributed by atoms with Crippen molar-refractivity contribution in [2.45, 2.75) is 25.3 Å². The molecule has 19 heavy (non-hydrogen) atoms. The van der Waals surface area contributed by atoms with Crippen LogP contribution in [-0.4, -0.2) is 21.2 Å². The largest absolute Gasteiger partial charge is 0.334 e. The first-order chi connectivity index (χ1) is 9.31. The van der Waals surface area contributed by atoms with Crippen LogP contribution in [0.5, 0.6) is 0 Å². The second-order valence-electron chi connectivity index (χ2n) is 4.39. The highest BCUT2D eigenvalue weighted by molar-refractivity contribution is 7.15. The van der Waals surface area contributed by atoms with Crippen LogP contribution in [0.25, 0.3) is 0 Å². The number of anilines is 1. The Hall–Kier alpha value is -2.02. The Morgan fingerprint density at radius 1 is 1.42 bits per heavy atom.